The third-order valence-electron chi connectivity index (χ3n) is 4.99. The molecule has 2 aromatic carbocycles. The van der Waals surface area contributed by atoms with E-state index in [4.69, 9.17) is 14.2 Å². The number of β-amino-alcohol motifs (C(OH)–C–C–N with tert-alkyl or cyclic N) is 1. The number of halogens is 2. The van der Waals surface area contributed by atoms with Crippen molar-refractivity contribution < 1.29 is 33.2 Å². The van der Waals surface area contributed by atoms with Gasteiger partial charge in [-0.1, -0.05) is 6.07 Å². The van der Waals surface area contributed by atoms with Crippen LogP contribution in [0.4, 0.5) is 8.78 Å². The van der Waals surface area contributed by atoms with E-state index in [1.165, 1.54) is 13.2 Å². The molecule has 1 fully saturated rings. The summed E-state index contributed by atoms with van der Waals surface area (Å²) in [5.74, 6) is -0.580. The molecule has 2 aromatic rings. The zero-order chi connectivity index (χ0) is 21.7. The molecule has 1 saturated heterocycles. The van der Waals surface area contributed by atoms with Crippen LogP contribution in [0, 0.1) is 11.6 Å². The van der Waals surface area contributed by atoms with Gasteiger partial charge >= 0.3 is 0 Å². The summed E-state index contributed by atoms with van der Waals surface area (Å²) in [5.41, 5.74) is 0.536. The maximum atomic E-state index is 13.3. The van der Waals surface area contributed by atoms with Gasteiger partial charge in [-0.15, -0.1) is 0 Å². The molecule has 0 amide bonds. The van der Waals surface area contributed by atoms with Crippen LogP contribution in [0.2, 0.25) is 0 Å². The van der Waals surface area contributed by atoms with Crippen molar-refractivity contribution in [2.75, 3.05) is 33.4 Å². The summed E-state index contributed by atoms with van der Waals surface area (Å²) in [7, 11) is 1.52. The number of ether oxygens (including phenoxy) is 3. The van der Waals surface area contributed by atoms with Crippen LogP contribution in [-0.4, -0.2) is 60.7 Å². The van der Waals surface area contributed by atoms with Crippen molar-refractivity contribution in [2.45, 2.75) is 31.7 Å². The number of nitrogens with zero attached hydrogens (tertiary/aromatic N) is 1. The molecule has 3 unspecified atom stereocenters. The van der Waals surface area contributed by atoms with Gasteiger partial charge in [-0.2, -0.15) is 0 Å². The van der Waals surface area contributed by atoms with E-state index in [-0.39, 0.29) is 18.5 Å². The monoisotopic (exact) mass is 423 g/mol. The summed E-state index contributed by atoms with van der Waals surface area (Å²) in [6, 6.07) is 8.69. The Bertz CT molecular complexity index is 848. The smallest absolute Gasteiger partial charge is 0.162 e. The predicted molar refractivity (Wildman–Crippen MR) is 107 cm³/mol. The number of benzene rings is 2. The summed E-state index contributed by atoms with van der Waals surface area (Å²) in [5, 5.41) is 20.4. The van der Waals surface area contributed by atoms with E-state index in [0.717, 1.165) is 12.1 Å². The molecule has 1 aliphatic heterocycles. The fourth-order valence-electron chi connectivity index (χ4n) is 3.58. The van der Waals surface area contributed by atoms with Crippen molar-refractivity contribution >= 4 is 0 Å². The van der Waals surface area contributed by atoms with Gasteiger partial charge in [0.05, 0.1) is 18.8 Å². The van der Waals surface area contributed by atoms with Crippen LogP contribution >= 0.6 is 0 Å². The van der Waals surface area contributed by atoms with Gasteiger partial charge in [-0.3, -0.25) is 4.90 Å². The molecule has 3 atom stereocenters. The Morgan fingerprint density at radius 1 is 1.13 bits per heavy atom. The maximum Gasteiger partial charge on any atom is 0.162 e. The molecule has 8 heteroatoms. The molecule has 164 valence electrons. The highest BCUT2D eigenvalue weighted by Crippen LogP contribution is 2.34. The Balaban J connectivity index is 1.49. The van der Waals surface area contributed by atoms with Gasteiger partial charge in [0.1, 0.15) is 36.1 Å². The summed E-state index contributed by atoms with van der Waals surface area (Å²) in [4.78, 5) is 2.03. The number of aliphatic hydroxyl groups is 2. The highest BCUT2D eigenvalue weighted by Gasteiger charge is 2.26. The maximum absolute atomic E-state index is 13.3. The van der Waals surface area contributed by atoms with Crippen LogP contribution in [0.25, 0.3) is 0 Å². The minimum atomic E-state index is -0.941. The first-order valence-corrected chi connectivity index (χ1v) is 9.87. The lowest BCUT2D eigenvalue weighted by molar-refractivity contribution is 0.0700. The molecule has 0 spiro atoms. The number of hydrogen-bond acceptors (Lipinski definition) is 6. The van der Waals surface area contributed by atoms with Crippen LogP contribution in [-0.2, 0) is 0 Å². The topological polar surface area (TPSA) is 71.4 Å². The molecule has 1 heterocycles. The van der Waals surface area contributed by atoms with Gasteiger partial charge in [0.25, 0.3) is 0 Å². The van der Waals surface area contributed by atoms with Gasteiger partial charge in [0, 0.05) is 25.7 Å². The summed E-state index contributed by atoms with van der Waals surface area (Å²) < 4.78 is 43.1. The number of hydrogen-bond donors (Lipinski definition) is 2. The Kier molecular flexibility index (Phi) is 7.47. The molecule has 30 heavy (non-hydrogen) atoms. The van der Waals surface area contributed by atoms with Gasteiger partial charge in [0.2, 0.25) is 0 Å². The second-order valence-corrected chi connectivity index (χ2v) is 7.38. The normalized spacial score (nSPS) is 18.8. The predicted octanol–water partition coefficient (Wildman–Crippen LogP) is 2.92. The van der Waals surface area contributed by atoms with Crippen molar-refractivity contribution in [1.29, 1.82) is 0 Å². The first kappa shape index (κ1) is 22.3. The van der Waals surface area contributed by atoms with Crippen molar-refractivity contribution in [1.82, 2.24) is 4.90 Å². The third-order valence-corrected chi connectivity index (χ3v) is 4.99. The van der Waals surface area contributed by atoms with E-state index in [0.29, 0.717) is 43.1 Å². The summed E-state index contributed by atoms with van der Waals surface area (Å²) in [6.07, 6.45) is -0.974. The number of methoxy groups -OCH3 is 1. The molecule has 6 nitrogen and oxygen atoms in total. The van der Waals surface area contributed by atoms with Crippen molar-refractivity contribution in [3.8, 4) is 17.2 Å². The van der Waals surface area contributed by atoms with E-state index in [2.05, 4.69) is 0 Å². The van der Waals surface area contributed by atoms with Crippen LogP contribution in [0.5, 0.6) is 17.2 Å². The molecule has 3 rings (SSSR count). The van der Waals surface area contributed by atoms with E-state index >= 15 is 0 Å². The zero-order valence-corrected chi connectivity index (χ0v) is 17.1. The number of aliphatic hydroxyl groups excluding tert-OH is 2. The lowest BCUT2D eigenvalue weighted by Crippen LogP contribution is -2.35. The van der Waals surface area contributed by atoms with E-state index in [1.807, 2.05) is 4.90 Å². The quantitative estimate of drug-likeness (QED) is 0.646. The molecule has 0 bridgehead atoms. The Morgan fingerprint density at radius 2 is 1.90 bits per heavy atom. The molecular formula is C22H27F2NO5. The van der Waals surface area contributed by atoms with Crippen LogP contribution in [0.1, 0.15) is 25.0 Å². The Hall–Kier alpha value is -2.42. The van der Waals surface area contributed by atoms with Crippen molar-refractivity contribution in [2.24, 2.45) is 0 Å². The molecule has 2 N–H and O–H groups in total. The Morgan fingerprint density at radius 3 is 2.60 bits per heavy atom. The number of rotatable bonds is 9. The molecule has 0 aromatic heterocycles. The van der Waals surface area contributed by atoms with Gasteiger partial charge in [0.15, 0.2) is 11.6 Å². The molecule has 0 saturated carbocycles. The molecular weight excluding hydrogens is 396 g/mol. The van der Waals surface area contributed by atoms with Crippen LogP contribution in [0.3, 0.4) is 0 Å². The average Bonchev–Trinajstić information content (AvgIpc) is 3.15. The SMILES string of the molecule is COc1cccc(OCC(O)CN2CCC(Oc3ccc(F)c(F)c3)C2)c1C(C)O. The summed E-state index contributed by atoms with van der Waals surface area (Å²) >= 11 is 0. The highest BCUT2D eigenvalue weighted by molar-refractivity contribution is 5.46. The lowest BCUT2D eigenvalue weighted by Gasteiger charge is -2.22. The second kappa shape index (κ2) is 10.1. The Labute approximate surface area is 174 Å². The van der Waals surface area contributed by atoms with Crippen LogP contribution in [0.15, 0.2) is 36.4 Å². The van der Waals surface area contributed by atoms with E-state index < -0.39 is 23.8 Å². The number of likely N-dealkylation sites (tertiary alicyclic amines) is 1. The average molecular weight is 423 g/mol. The highest BCUT2D eigenvalue weighted by atomic mass is 19.2. The van der Waals surface area contributed by atoms with Gasteiger partial charge in [-0.25, -0.2) is 8.78 Å². The zero-order valence-electron chi connectivity index (χ0n) is 17.1. The first-order valence-electron chi connectivity index (χ1n) is 9.87. The van der Waals surface area contributed by atoms with Gasteiger partial charge < -0.3 is 24.4 Å². The van der Waals surface area contributed by atoms with Crippen molar-refractivity contribution in [3.63, 3.8) is 0 Å². The molecule has 0 aliphatic carbocycles. The van der Waals surface area contributed by atoms with Crippen LogP contribution < -0.4 is 14.2 Å². The minimum Gasteiger partial charge on any atom is -0.496 e. The lowest BCUT2D eigenvalue weighted by atomic mass is 10.1. The molecule has 1 aliphatic rings. The first-order chi connectivity index (χ1) is 14.4. The summed E-state index contributed by atoms with van der Waals surface area (Å²) in [6.45, 7) is 3.33. The van der Waals surface area contributed by atoms with Gasteiger partial charge in [-0.05, 0) is 37.6 Å². The minimum absolute atomic E-state index is 0.0537. The fraction of sp³-hybridized carbons (Fsp3) is 0.455. The molecule has 0 radical (unpaired) electrons. The van der Waals surface area contributed by atoms with E-state index in [1.54, 1.807) is 25.1 Å². The second-order valence-electron chi connectivity index (χ2n) is 7.38. The largest absolute Gasteiger partial charge is 0.496 e. The van der Waals surface area contributed by atoms with Crippen molar-refractivity contribution in [3.05, 3.63) is 53.6 Å². The third kappa shape index (κ3) is 5.59. The standard InChI is InChI=1S/C22H27F2NO5/c1-14(26)22-20(28-2)4-3-5-21(22)29-13-15(27)11-25-9-8-17(12-25)30-16-6-7-18(23)19(24)10-16/h3-7,10,14-15,17,26-27H,8-9,11-13H2,1-2H3. The fourth-order valence-corrected chi connectivity index (χ4v) is 3.58. The van der Waals surface area contributed by atoms with E-state index in [9.17, 15) is 19.0 Å².